The van der Waals surface area contributed by atoms with Crippen LogP contribution >= 0.6 is 7.82 Å². The smallest absolute Gasteiger partial charge is 0.268 e. The summed E-state index contributed by atoms with van der Waals surface area (Å²) in [6.07, 6.45) is 43.7. The van der Waals surface area contributed by atoms with Crippen LogP contribution in [-0.2, 0) is 18.4 Å². The number of nitrogens with zero attached hydrogens (tertiary/aromatic N) is 1. The predicted molar refractivity (Wildman–Crippen MR) is 214 cm³/mol. The van der Waals surface area contributed by atoms with Crippen LogP contribution in [0.3, 0.4) is 0 Å². The molecule has 0 aromatic heterocycles. The van der Waals surface area contributed by atoms with Crippen molar-refractivity contribution in [2.24, 2.45) is 0 Å². The maximum absolute atomic E-state index is 12.8. The summed E-state index contributed by atoms with van der Waals surface area (Å²) >= 11 is 0. The Kier molecular flexibility index (Phi) is 32.4. The molecule has 9 heteroatoms. The molecule has 0 saturated carbocycles. The van der Waals surface area contributed by atoms with Gasteiger partial charge in [-0.2, -0.15) is 0 Å². The molecule has 0 aliphatic heterocycles. The van der Waals surface area contributed by atoms with Gasteiger partial charge in [0.05, 0.1) is 39.9 Å². The fourth-order valence-electron chi connectivity index (χ4n) is 4.95. The number of hydrogen-bond acceptors (Lipinski definition) is 6. The molecule has 0 rings (SSSR count). The summed E-state index contributed by atoms with van der Waals surface area (Å²) in [5, 5.41) is 13.7. The molecule has 0 fully saturated rings. The number of phosphoric ester groups is 1. The van der Waals surface area contributed by atoms with Crippen molar-refractivity contribution in [2.75, 3.05) is 40.9 Å². The summed E-state index contributed by atoms with van der Waals surface area (Å²) in [6.45, 7) is 4.41. The van der Waals surface area contributed by atoms with Gasteiger partial charge in [0.2, 0.25) is 5.91 Å². The Hall–Kier alpha value is -2.06. The first-order valence-corrected chi connectivity index (χ1v) is 21.3. The quantitative estimate of drug-likeness (QED) is 0.0295. The van der Waals surface area contributed by atoms with Crippen LogP contribution in [0.15, 0.2) is 72.9 Å². The Morgan fingerprint density at radius 2 is 1.22 bits per heavy atom. The number of amides is 1. The minimum atomic E-state index is -4.60. The highest BCUT2D eigenvalue weighted by Gasteiger charge is 2.23. The van der Waals surface area contributed by atoms with Gasteiger partial charge in [0.15, 0.2) is 0 Å². The highest BCUT2D eigenvalue weighted by atomic mass is 31.2. The average molecular weight is 735 g/mol. The minimum Gasteiger partial charge on any atom is -0.756 e. The van der Waals surface area contributed by atoms with Crippen LogP contribution in [0.1, 0.15) is 136 Å². The molecule has 0 aliphatic carbocycles. The molecule has 0 aliphatic rings. The topological polar surface area (TPSA) is 108 Å². The van der Waals surface area contributed by atoms with Crippen LogP contribution in [0.25, 0.3) is 0 Å². The van der Waals surface area contributed by atoms with Crippen LogP contribution < -0.4 is 10.2 Å². The molecule has 0 bridgehead atoms. The van der Waals surface area contributed by atoms with E-state index in [1.807, 2.05) is 27.2 Å². The van der Waals surface area contributed by atoms with E-state index in [2.05, 4.69) is 79.9 Å². The monoisotopic (exact) mass is 735 g/mol. The Morgan fingerprint density at radius 1 is 0.706 bits per heavy atom. The molecule has 0 heterocycles. The minimum absolute atomic E-state index is 0.0150. The van der Waals surface area contributed by atoms with Crippen molar-refractivity contribution in [3.05, 3.63) is 72.9 Å². The zero-order valence-corrected chi connectivity index (χ0v) is 33.9. The van der Waals surface area contributed by atoms with Gasteiger partial charge in [0.25, 0.3) is 7.82 Å². The summed E-state index contributed by atoms with van der Waals surface area (Å²) < 4.78 is 23.1. The van der Waals surface area contributed by atoms with Gasteiger partial charge in [-0.15, -0.1) is 0 Å². The van der Waals surface area contributed by atoms with E-state index in [1.165, 1.54) is 32.1 Å². The van der Waals surface area contributed by atoms with E-state index < -0.39 is 26.6 Å². The van der Waals surface area contributed by atoms with Crippen LogP contribution in [0, 0.1) is 0 Å². The number of carbonyl (C=O) groups is 1. The molecule has 0 aromatic rings. The molecule has 8 nitrogen and oxygen atoms in total. The zero-order valence-electron chi connectivity index (χ0n) is 33.0. The summed E-state index contributed by atoms with van der Waals surface area (Å²) in [4.78, 5) is 25.2. The van der Waals surface area contributed by atoms with Gasteiger partial charge in [-0.3, -0.25) is 9.36 Å². The molecular formula is C42H75N2O6P. The molecule has 294 valence electrons. The van der Waals surface area contributed by atoms with Crippen molar-refractivity contribution in [3.63, 3.8) is 0 Å². The first-order valence-electron chi connectivity index (χ1n) is 19.8. The average Bonchev–Trinajstić information content (AvgIpc) is 3.07. The number of carbonyl (C=O) groups excluding carboxylic acids is 1. The highest BCUT2D eigenvalue weighted by Crippen LogP contribution is 2.38. The van der Waals surface area contributed by atoms with Crippen molar-refractivity contribution < 1.29 is 32.9 Å². The molecule has 3 unspecified atom stereocenters. The molecular weight excluding hydrogens is 659 g/mol. The van der Waals surface area contributed by atoms with Crippen molar-refractivity contribution in [1.82, 2.24) is 5.32 Å². The predicted octanol–water partition coefficient (Wildman–Crippen LogP) is 9.83. The molecule has 0 saturated heterocycles. The van der Waals surface area contributed by atoms with Crippen LogP contribution in [0.2, 0.25) is 0 Å². The lowest BCUT2D eigenvalue weighted by Crippen LogP contribution is -2.45. The Morgan fingerprint density at radius 3 is 1.82 bits per heavy atom. The number of likely N-dealkylation sites (N-methyl/N-ethyl adjacent to an activating group) is 1. The first kappa shape index (κ1) is 48.9. The maximum Gasteiger partial charge on any atom is 0.268 e. The van der Waals surface area contributed by atoms with Crippen molar-refractivity contribution in [2.45, 2.75) is 148 Å². The van der Waals surface area contributed by atoms with Gasteiger partial charge in [-0.25, -0.2) is 0 Å². The van der Waals surface area contributed by atoms with Crippen molar-refractivity contribution in [1.29, 1.82) is 0 Å². The standard InChI is InChI=1S/C42H75N2O6P/c1-6-8-10-12-14-16-18-20-21-22-23-24-26-28-30-32-34-36-42(46)43-40(39-50-51(47,48)49-38-37-44(3,4)5)41(45)35-33-31-29-27-25-19-17-15-13-11-9-7-2/h8,10,13-16,20-21,25,27,33,35,40-41,45H,6-7,9,11-12,17-19,22-24,26,28-32,34,36-39H2,1-5H3,(H-,43,46,47,48)/b10-8-,15-13+,16-14-,21-20-,27-25+,35-33+. The SMILES string of the molecule is CC/C=C\C/C=C\C/C=C\CCCCCCCCCC(=O)NC(COP(=O)([O-])OCC[N+](C)(C)C)C(O)/C=C/CC/C=C/CC/C=C/CCCC. The van der Waals surface area contributed by atoms with E-state index in [0.29, 0.717) is 17.4 Å². The second-order valence-electron chi connectivity index (χ2n) is 14.2. The molecule has 3 atom stereocenters. The largest absolute Gasteiger partial charge is 0.756 e. The van der Waals surface area contributed by atoms with E-state index in [-0.39, 0.29) is 12.5 Å². The normalized spacial score (nSPS) is 15.4. The fraction of sp³-hybridized carbons (Fsp3) is 0.690. The molecule has 2 N–H and O–H groups in total. The lowest BCUT2D eigenvalue weighted by Gasteiger charge is -2.29. The second kappa shape index (κ2) is 33.8. The lowest BCUT2D eigenvalue weighted by atomic mass is 10.1. The van der Waals surface area contributed by atoms with Gasteiger partial charge < -0.3 is 28.8 Å². The van der Waals surface area contributed by atoms with Crippen molar-refractivity contribution in [3.8, 4) is 0 Å². The van der Waals surface area contributed by atoms with E-state index >= 15 is 0 Å². The van der Waals surface area contributed by atoms with Crippen LogP contribution in [-0.4, -0.2) is 68.5 Å². The number of allylic oxidation sites excluding steroid dienone is 11. The van der Waals surface area contributed by atoms with Crippen LogP contribution in [0.4, 0.5) is 0 Å². The second-order valence-corrected chi connectivity index (χ2v) is 15.6. The van der Waals surface area contributed by atoms with Gasteiger partial charge in [0.1, 0.15) is 13.2 Å². The Bertz CT molecular complexity index is 1060. The highest BCUT2D eigenvalue weighted by molar-refractivity contribution is 7.45. The molecule has 51 heavy (non-hydrogen) atoms. The van der Waals surface area contributed by atoms with E-state index in [1.54, 1.807) is 6.08 Å². The number of nitrogens with one attached hydrogen (secondary N) is 1. The summed E-state index contributed by atoms with van der Waals surface area (Å²) in [5.74, 6) is -0.228. The zero-order chi connectivity index (χ0) is 37.9. The summed E-state index contributed by atoms with van der Waals surface area (Å²) in [5.41, 5.74) is 0. The third kappa shape index (κ3) is 36.1. The van der Waals surface area contributed by atoms with E-state index in [4.69, 9.17) is 9.05 Å². The fourth-order valence-corrected chi connectivity index (χ4v) is 5.67. The summed E-state index contributed by atoms with van der Waals surface area (Å²) in [6, 6.07) is -0.916. The van der Waals surface area contributed by atoms with E-state index in [9.17, 15) is 19.4 Å². The number of phosphoric acid groups is 1. The number of unbranched alkanes of at least 4 members (excludes halogenated alkanes) is 11. The summed E-state index contributed by atoms with van der Waals surface area (Å²) in [7, 11) is 1.21. The molecule has 0 spiro atoms. The van der Waals surface area contributed by atoms with E-state index in [0.717, 1.165) is 83.5 Å². The number of aliphatic hydroxyl groups is 1. The third-order valence-corrected chi connectivity index (χ3v) is 9.09. The van der Waals surface area contributed by atoms with Gasteiger partial charge in [-0.1, -0.05) is 132 Å². The van der Waals surface area contributed by atoms with Gasteiger partial charge in [-0.05, 0) is 70.6 Å². The number of aliphatic hydroxyl groups excluding tert-OH is 1. The molecule has 0 radical (unpaired) electrons. The number of hydrogen-bond donors (Lipinski definition) is 2. The van der Waals surface area contributed by atoms with Crippen LogP contribution in [0.5, 0.6) is 0 Å². The third-order valence-electron chi connectivity index (χ3n) is 8.13. The number of quaternary nitrogens is 1. The molecule has 0 aromatic carbocycles. The maximum atomic E-state index is 12.8. The number of rotatable bonds is 34. The Labute approximate surface area is 313 Å². The first-order chi connectivity index (χ1) is 24.5. The van der Waals surface area contributed by atoms with Gasteiger partial charge >= 0.3 is 0 Å². The molecule has 1 amide bonds. The lowest BCUT2D eigenvalue weighted by molar-refractivity contribution is -0.870. The Balaban J connectivity index is 4.57. The van der Waals surface area contributed by atoms with Crippen molar-refractivity contribution >= 4 is 13.7 Å². The van der Waals surface area contributed by atoms with Gasteiger partial charge in [0, 0.05) is 6.42 Å².